The van der Waals surface area contributed by atoms with Crippen molar-refractivity contribution in [3.8, 4) is 28.7 Å². The number of rotatable bonds is 18. The van der Waals surface area contributed by atoms with Gasteiger partial charge in [-0.25, -0.2) is 4.79 Å². The van der Waals surface area contributed by atoms with Crippen molar-refractivity contribution in [2.45, 2.75) is 95.6 Å². The van der Waals surface area contributed by atoms with Gasteiger partial charge in [-0.1, -0.05) is 48.3 Å². The lowest BCUT2D eigenvalue weighted by Gasteiger charge is -2.59. The number of benzene rings is 3. The lowest BCUT2D eigenvalue weighted by molar-refractivity contribution is -0.256. The van der Waals surface area contributed by atoms with E-state index in [1.807, 2.05) is 57.2 Å². The molecule has 6 atom stereocenters. The number of aliphatic hydroxyl groups excluding tert-OH is 2. The molecule has 1 saturated carbocycles. The van der Waals surface area contributed by atoms with Crippen LogP contribution < -0.4 is 18.9 Å². The molecule has 3 aromatic carbocycles. The van der Waals surface area contributed by atoms with Gasteiger partial charge in [-0.2, -0.15) is 0 Å². The van der Waals surface area contributed by atoms with Gasteiger partial charge in [-0.15, -0.1) is 6.58 Å². The molecule has 4 aliphatic rings. The second-order valence-corrected chi connectivity index (χ2v) is 17.1. The summed E-state index contributed by atoms with van der Waals surface area (Å²) in [5.74, 6) is 0.599. The van der Waals surface area contributed by atoms with Crippen molar-refractivity contribution in [1.82, 2.24) is 4.90 Å². The van der Waals surface area contributed by atoms with E-state index in [2.05, 4.69) is 12.7 Å². The highest BCUT2D eigenvalue weighted by Crippen LogP contribution is 2.62. The summed E-state index contributed by atoms with van der Waals surface area (Å²) in [6.45, 7) is 10.3. The number of fused-ring (bicyclic) bond motifs is 3. The Morgan fingerprint density at radius 2 is 1.72 bits per heavy atom. The number of carbonyl (C=O) groups is 2. The minimum atomic E-state index is -1.49. The van der Waals surface area contributed by atoms with Gasteiger partial charge in [0.1, 0.15) is 35.2 Å². The van der Waals surface area contributed by atoms with Crippen LogP contribution in [0.1, 0.15) is 93.1 Å². The molecule has 0 aromatic heterocycles. The van der Waals surface area contributed by atoms with Gasteiger partial charge in [0.15, 0.2) is 11.5 Å². The molecule has 61 heavy (non-hydrogen) atoms. The maximum atomic E-state index is 14.3. The highest BCUT2D eigenvalue weighted by atomic mass is 16.7. The molecule has 2 aliphatic carbocycles. The summed E-state index contributed by atoms with van der Waals surface area (Å²) >= 11 is 0. The monoisotopic (exact) mass is 838 g/mol. The van der Waals surface area contributed by atoms with Crippen LogP contribution in [0.5, 0.6) is 28.7 Å². The quantitative estimate of drug-likeness (QED) is 0.0547. The van der Waals surface area contributed by atoms with Crippen LogP contribution in [0.3, 0.4) is 0 Å². The molecular formula is C48H58N2O11. The van der Waals surface area contributed by atoms with Gasteiger partial charge in [0, 0.05) is 43.2 Å². The van der Waals surface area contributed by atoms with E-state index in [0.29, 0.717) is 52.9 Å². The number of nitrogens with zero attached hydrogens (tertiary/aromatic N) is 2. The second kappa shape index (κ2) is 19.1. The van der Waals surface area contributed by atoms with Crippen molar-refractivity contribution in [3.05, 3.63) is 102 Å². The Morgan fingerprint density at radius 1 is 0.967 bits per heavy atom. The average molecular weight is 839 g/mol. The fraction of sp³-hybridized carbons (Fsp3) is 0.479. The van der Waals surface area contributed by atoms with Crippen LogP contribution in [0.15, 0.2) is 90.1 Å². The Kier molecular flexibility index (Phi) is 13.7. The van der Waals surface area contributed by atoms with Crippen LogP contribution in [0.4, 0.5) is 4.79 Å². The minimum Gasteiger partial charge on any atom is -0.459 e. The molecule has 0 radical (unpaired) electrons. The minimum absolute atomic E-state index is 0.00552. The van der Waals surface area contributed by atoms with E-state index in [1.165, 1.54) is 7.11 Å². The van der Waals surface area contributed by atoms with Crippen LogP contribution in [0.2, 0.25) is 0 Å². The average Bonchev–Trinajstić information content (AvgIpc) is 3.73. The largest absolute Gasteiger partial charge is 0.459 e. The van der Waals surface area contributed by atoms with Crippen LogP contribution in [-0.4, -0.2) is 84.4 Å². The van der Waals surface area contributed by atoms with Crippen LogP contribution >= 0.6 is 0 Å². The number of aliphatic hydroxyl groups is 2. The summed E-state index contributed by atoms with van der Waals surface area (Å²) in [6, 6.07) is 17.5. The summed E-state index contributed by atoms with van der Waals surface area (Å²) in [5.41, 5.74) is 3.12. The Hall–Kier alpha value is -5.37. The molecule has 3 aromatic rings. The van der Waals surface area contributed by atoms with Crippen molar-refractivity contribution >= 4 is 18.1 Å². The number of hydrogen-bond acceptors (Lipinski definition) is 12. The van der Waals surface area contributed by atoms with E-state index in [9.17, 15) is 19.8 Å². The number of aldehydes is 1. The molecule has 0 spiro atoms. The first-order valence-corrected chi connectivity index (χ1v) is 21.2. The molecule has 2 aliphatic heterocycles. The van der Waals surface area contributed by atoms with Crippen LogP contribution in [0, 0.1) is 17.8 Å². The molecule has 6 unspecified atom stereocenters. The van der Waals surface area contributed by atoms with Crippen molar-refractivity contribution in [2.75, 3.05) is 33.7 Å². The Bertz CT molecular complexity index is 2110. The van der Waals surface area contributed by atoms with Gasteiger partial charge in [0.05, 0.1) is 25.3 Å². The molecule has 13 heteroatoms. The molecule has 13 nitrogen and oxygen atoms in total. The van der Waals surface area contributed by atoms with E-state index in [-0.39, 0.29) is 57.3 Å². The number of ether oxygens (including phenoxy) is 6. The maximum absolute atomic E-state index is 14.3. The van der Waals surface area contributed by atoms with Crippen molar-refractivity contribution < 1.29 is 53.1 Å². The molecule has 326 valence electrons. The molecule has 2 heterocycles. The number of hydrogen-bond donors (Lipinski definition) is 2. The third kappa shape index (κ3) is 9.44. The maximum Gasteiger partial charge on any atom is 0.410 e. The van der Waals surface area contributed by atoms with Gasteiger partial charge in [-0.3, -0.25) is 9.69 Å². The zero-order valence-corrected chi connectivity index (χ0v) is 35.5. The van der Waals surface area contributed by atoms with E-state index < -0.39 is 29.4 Å². The fourth-order valence-electron chi connectivity index (χ4n) is 9.35. The van der Waals surface area contributed by atoms with Crippen LogP contribution in [-0.2, 0) is 20.9 Å². The summed E-state index contributed by atoms with van der Waals surface area (Å²) in [5, 5.41) is 24.8. The fourth-order valence-corrected chi connectivity index (χ4v) is 9.35. The van der Waals surface area contributed by atoms with E-state index in [4.69, 9.17) is 38.4 Å². The Balaban J connectivity index is 1.45. The number of carbonyl (C=O) groups excluding carboxylic acids is 2. The molecule has 0 bridgehead atoms. The first-order valence-electron chi connectivity index (χ1n) is 21.2. The first kappa shape index (κ1) is 43.7. The molecular weight excluding hydrogens is 781 g/mol. The molecule has 1 fully saturated rings. The van der Waals surface area contributed by atoms with Gasteiger partial charge >= 0.3 is 6.09 Å². The lowest BCUT2D eigenvalue weighted by Crippen LogP contribution is -2.70. The van der Waals surface area contributed by atoms with Gasteiger partial charge in [0.25, 0.3) is 0 Å². The Morgan fingerprint density at radius 3 is 2.46 bits per heavy atom. The predicted molar refractivity (Wildman–Crippen MR) is 228 cm³/mol. The van der Waals surface area contributed by atoms with Gasteiger partial charge in [-0.05, 0) is 112 Å². The number of amides is 1. The number of oxime groups is 1. The third-order valence-electron chi connectivity index (χ3n) is 11.9. The zero-order chi connectivity index (χ0) is 43.1. The van der Waals surface area contributed by atoms with Crippen molar-refractivity contribution in [1.29, 1.82) is 0 Å². The zero-order valence-electron chi connectivity index (χ0n) is 35.5. The first-order chi connectivity index (χ1) is 29.5. The van der Waals surface area contributed by atoms with Crippen LogP contribution in [0.25, 0.3) is 0 Å². The lowest BCUT2D eigenvalue weighted by atomic mass is 9.55. The summed E-state index contributed by atoms with van der Waals surface area (Å²) in [4.78, 5) is 33.8. The number of allylic oxidation sites excluding steroid dienone is 1. The van der Waals surface area contributed by atoms with E-state index in [0.717, 1.165) is 48.7 Å². The molecule has 1 amide bonds. The SMILES string of the molecule is C=CCOC12Oc3ccc(Oc4cccc(C=O)c4)cc3C3C(CCCCO)C(CCCCO)C=C(C(=NOC(C)(C)C)CC1N(Cc1ccc4c(c1)OCO4)C(=O)OC)C32. The summed E-state index contributed by atoms with van der Waals surface area (Å²) in [7, 11) is 1.36. The highest BCUT2D eigenvalue weighted by Gasteiger charge is 2.65. The number of methoxy groups -OCH3 is 1. The third-order valence-corrected chi connectivity index (χ3v) is 11.9. The van der Waals surface area contributed by atoms with Crippen molar-refractivity contribution in [2.24, 2.45) is 22.9 Å². The highest BCUT2D eigenvalue weighted by molar-refractivity contribution is 6.03. The topological polar surface area (TPSA) is 155 Å². The normalized spacial score (nSPS) is 24.1. The van der Waals surface area contributed by atoms with Crippen molar-refractivity contribution in [3.63, 3.8) is 0 Å². The molecule has 7 rings (SSSR count). The van der Waals surface area contributed by atoms with Gasteiger partial charge < -0.3 is 43.5 Å². The second-order valence-electron chi connectivity index (χ2n) is 17.1. The summed E-state index contributed by atoms with van der Waals surface area (Å²) < 4.78 is 37.7. The molecule has 0 saturated heterocycles. The summed E-state index contributed by atoms with van der Waals surface area (Å²) in [6.07, 6.45) is 8.81. The smallest absolute Gasteiger partial charge is 0.410 e. The van der Waals surface area contributed by atoms with E-state index in [1.54, 1.807) is 35.2 Å². The van der Waals surface area contributed by atoms with E-state index >= 15 is 0 Å². The predicted octanol–water partition coefficient (Wildman–Crippen LogP) is 8.72. The standard InChI is InChI=1S/C48H58N2O11/c1-6-22-58-48-43(50(46(54)55-5)28-31-16-18-41-42(24-31)57-30-56-41)27-39(49-61-47(2,3)4)37-25-33(13-7-9-20-51)36(15-8-10-21-52)44(45(37)48)38-26-35(17-19-40(38)60-48)59-34-14-11-12-32(23-34)29-53/h6,11-12,14,16-19,23-26,29,33,36,43-45,51-52H,1,7-10,13,15,20-22,27-28,30H2,2-5H3. The molecule has 2 N–H and O–H groups in total. The van der Waals surface area contributed by atoms with Gasteiger partial charge in [0.2, 0.25) is 12.6 Å². The Labute approximate surface area is 357 Å². The number of unbranched alkanes of at least 4 members (excludes halogenated alkanes) is 2.